The molecule has 0 heterocycles. The van der Waals surface area contributed by atoms with Gasteiger partial charge < -0.3 is 29.5 Å². The van der Waals surface area contributed by atoms with Gasteiger partial charge in [0.1, 0.15) is 13.2 Å². The average molecular weight is 435 g/mol. The van der Waals surface area contributed by atoms with Crippen LogP contribution in [0.2, 0.25) is 0 Å². The summed E-state index contributed by atoms with van der Waals surface area (Å²) in [5, 5.41) is 28.6. The van der Waals surface area contributed by atoms with Gasteiger partial charge in [0, 0.05) is 19.3 Å². The first-order valence-electron chi connectivity index (χ1n) is 10.8. The highest BCUT2D eigenvalue weighted by Crippen LogP contribution is 2.08. The molecule has 3 atom stereocenters. The lowest BCUT2D eigenvalue weighted by Gasteiger charge is -2.19. The Hall–Kier alpha value is -1.71. The predicted octanol–water partition coefficient (Wildman–Crippen LogP) is 1.64. The van der Waals surface area contributed by atoms with Crippen molar-refractivity contribution in [3.05, 3.63) is 0 Å². The van der Waals surface area contributed by atoms with Gasteiger partial charge in [-0.15, -0.1) is 0 Å². The quantitative estimate of drug-likeness (QED) is 0.230. The number of esters is 3. The van der Waals surface area contributed by atoms with E-state index in [1.807, 2.05) is 0 Å². The number of hydrogen-bond donors (Lipinski definition) is 3. The van der Waals surface area contributed by atoms with Gasteiger partial charge in [0.15, 0.2) is 6.10 Å². The molecular formula is C21H38O9. The standard InChI is InChI=1S/C21H38O9/c1-4-15(22)7-10-19(25)28-13-18(30-21(27)12-9-17(24)6-3)14-29-20(26)11-8-16(23)5-2/h15-18,22-24H,4-14H2,1-3H3. The zero-order valence-electron chi connectivity index (χ0n) is 18.4. The Morgan fingerprint density at radius 2 is 0.967 bits per heavy atom. The van der Waals surface area contributed by atoms with Crippen molar-refractivity contribution in [1.29, 1.82) is 0 Å². The van der Waals surface area contributed by atoms with E-state index >= 15 is 0 Å². The Morgan fingerprint density at radius 3 is 1.30 bits per heavy atom. The van der Waals surface area contributed by atoms with Crippen molar-refractivity contribution in [2.24, 2.45) is 0 Å². The molecule has 0 aromatic heterocycles. The second kappa shape index (κ2) is 17.0. The van der Waals surface area contributed by atoms with Gasteiger partial charge in [-0.1, -0.05) is 20.8 Å². The average Bonchev–Trinajstić information content (AvgIpc) is 2.75. The zero-order valence-corrected chi connectivity index (χ0v) is 18.4. The van der Waals surface area contributed by atoms with Crippen LogP contribution in [0, 0.1) is 0 Å². The molecule has 0 fully saturated rings. The lowest BCUT2D eigenvalue weighted by molar-refractivity contribution is -0.167. The molecule has 0 radical (unpaired) electrons. The summed E-state index contributed by atoms with van der Waals surface area (Å²) in [4.78, 5) is 35.6. The normalized spacial score (nSPS) is 15.0. The molecule has 30 heavy (non-hydrogen) atoms. The maximum absolute atomic E-state index is 12.0. The number of aliphatic hydroxyl groups excluding tert-OH is 3. The van der Waals surface area contributed by atoms with E-state index in [2.05, 4.69) is 0 Å². The Balaban J connectivity index is 4.57. The van der Waals surface area contributed by atoms with Crippen LogP contribution in [0.5, 0.6) is 0 Å². The maximum atomic E-state index is 12.0. The summed E-state index contributed by atoms with van der Waals surface area (Å²) in [5.41, 5.74) is 0. The molecule has 0 saturated carbocycles. The summed E-state index contributed by atoms with van der Waals surface area (Å²) < 4.78 is 15.4. The summed E-state index contributed by atoms with van der Waals surface area (Å²) in [7, 11) is 0. The third-order valence-electron chi connectivity index (χ3n) is 4.62. The number of carbonyl (C=O) groups is 3. The molecule has 0 amide bonds. The van der Waals surface area contributed by atoms with Gasteiger partial charge in [-0.2, -0.15) is 0 Å². The minimum atomic E-state index is -0.976. The van der Waals surface area contributed by atoms with Gasteiger partial charge >= 0.3 is 17.9 Å². The molecule has 3 unspecified atom stereocenters. The van der Waals surface area contributed by atoms with Crippen LogP contribution in [0.25, 0.3) is 0 Å². The molecule has 0 spiro atoms. The van der Waals surface area contributed by atoms with E-state index in [0.29, 0.717) is 19.3 Å². The molecule has 176 valence electrons. The van der Waals surface area contributed by atoms with Crippen LogP contribution in [0.1, 0.15) is 78.6 Å². The fourth-order valence-electron chi connectivity index (χ4n) is 2.34. The largest absolute Gasteiger partial charge is 0.462 e. The molecule has 0 saturated heterocycles. The molecule has 0 rings (SSSR count). The van der Waals surface area contributed by atoms with Gasteiger partial charge in [-0.3, -0.25) is 14.4 Å². The molecule has 0 aliphatic heterocycles. The van der Waals surface area contributed by atoms with Crippen molar-refractivity contribution in [3.63, 3.8) is 0 Å². The fourth-order valence-corrected chi connectivity index (χ4v) is 2.34. The van der Waals surface area contributed by atoms with Crippen LogP contribution in [0.3, 0.4) is 0 Å². The van der Waals surface area contributed by atoms with Crippen molar-refractivity contribution in [2.75, 3.05) is 13.2 Å². The van der Waals surface area contributed by atoms with Crippen LogP contribution in [-0.2, 0) is 28.6 Å². The van der Waals surface area contributed by atoms with Crippen molar-refractivity contribution in [3.8, 4) is 0 Å². The van der Waals surface area contributed by atoms with Gasteiger partial charge in [0.05, 0.1) is 18.3 Å². The van der Waals surface area contributed by atoms with Gasteiger partial charge in [-0.25, -0.2) is 0 Å². The highest BCUT2D eigenvalue weighted by atomic mass is 16.6. The molecule has 3 N–H and O–H groups in total. The van der Waals surface area contributed by atoms with Gasteiger partial charge in [-0.05, 0) is 38.5 Å². The monoisotopic (exact) mass is 434 g/mol. The molecule has 0 aromatic carbocycles. The van der Waals surface area contributed by atoms with E-state index in [1.54, 1.807) is 20.8 Å². The smallest absolute Gasteiger partial charge is 0.306 e. The Bertz CT molecular complexity index is 465. The minimum Gasteiger partial charge on any atom is -0.462 e. The Labute approximate surface area is 178 Å². The first-order valence-corrected chi connectivity index (χ1v) is 10.8. The minimum absolute atomic E-state index is 0.0151. The van der Waals surface area contributed by atoms with Crippen molar-refractivity contribution < 1.29 is 43.9 Å². The number of rotatable bonds is 17. The van der Waals surface area contributed by atoms with Crippen LogP contribution in [0.15, 0.2) is 0 Å². The van der Waals surface area contributed by atoms with Crippen LogP contribution < -0.4 is 0 Å². The van der Waals surface area contributed by atoms with E-state index in [0.717, 1.165) is 0 Å². The summed E-state index contributed by atoms with van der Waals surface area (Å²) in [6, 6.07) is 0. The Morgan fingerprint density at radius 1 is 0.633 bits per heavy atom. The molecule has 9 nitrogen and oxygen atoms in total. The first kappa shape index (κ1) is 28.3. The number of carbonyl (C=O) groups excluding carboxylic acids is 3. The molecule has 0 aliphatic carbocycles. The SMILES string of the molecule is CCC(O)CCC(=O)OCC(COC(=O)CCC(O)CC)OC(=O)CCC(O)CC. The second-order valence-corrected chi connectivity index (χ2v) is 7.28. The number of hydrogen-bond acceptors (Lipinski definition) is 9. The Kier molecular flexibility index (Phi) is 16.0. The summed E-state index contributed by atoms with van der Waals surface area (Å²) in [6.45, 7) is 4.83. The van der Waals surface area contributed by atoms with Crippen molar-refractivity contribution >= 4 is 17.9 Å². The maximum Gasteiger partial charge on any atom is 0.306 e. The zero-order chi connectivity index (χ0) is 22.9. The second-order valence-electron chi connectivity index (χ2n) is 7.28. The van der Waals surface area contributed by atoms with Crippen molar-refractivity contribution in [1.82, 2.24) is 0 Å². The molecule has 0 aromatic rings. The molecule has 9 heteroatoms. The van der Waals surface area contributed by atoms with Gasteiger partial charge in [0.2, 0.25) is 0 Å². The summed E-state index contributed by atoms with van der Waals surface area (Å²) >= 11 is 0. The van der Waals surface area contributed by atoms with E-state index < -0.39 is 42.3 Å². The van der Waals surface area contributed by atoms with E-state index in [1.165, 1.54) is 0 Å². The molecule has 0 bridgehead atoms. The third-order valence-corrected chi connectivity index (χ3v) is 4.62. The number of aliphatic hydroxyl groups is 3. The van der Waals surface area contributed by atoms with Crippen molar-refractivity contribution in [2.45, 2.75) is 103 Å². The molecular weight excluding hydrogens is 396 g/mol. The highest BCUT2D eigenvalue weighted by Gasteiger charge is 2.20. The van der Waals surface area contributed by atoms with Gasteiger partial charge in [0.25, 0.3) is 0 Å². The van der Waals surface area contributed by atoms with E-state index in [9.17, 15) is 29.7 Å². The predicted molar refractivity (Wildman–Crippen MR) is 108 cm³/mol. The number of ether oxygens (including phenoxy) is 3. The summed E-state index contributed by atoms with van der Waals surface area (Å²) in [6.07, 6.45) is -0.389. The topological polar surface area (TPSA) is 140 Å². The fraction of sp³-hybridized carbons (Fsp3) is 0.857. The lowest BCUT2D eigenvalue weighted by atomic mass is 10.1. The van der Waals surface area contributed by atoms with Crippen LogP contribution in [-0.4, -0.2) is 70.9 Å². The highest BCUT2D eigenvalue weighted by molar-refractivity contribution is 5.71. The van der Waals surface area contributed by atoms with E-state index in [-0.39, 0.29) is 51.7 Å². The lowest BCUT2D eigenvalue weighted by Crippen LogP contribution is -2.31. The first-order chi connectivity index (χ1) is 14.2. The van der Waals surface area contributed by atoms with E-state index in [4.69, 9.17) is 14.2 Å². The molecule has 0 aliphatic rings. The van der Waals surface area contributed by atoms with Crippen LogP contribution in [0.4, 0.5) is 0 Å². The van der Waals surface area contributed by atoms with Crippen LogP contribution >= 0.6 is 0 Å². The third kappa shape index (κ3) is 15.2. The summed E-state index contributed by atoms with van der Waals surface area (Å²) in [5.74, 6) is -1.70.